The van der Waals surface area contributed by atoms with Crippen molar-refractivity contribution in [3.8, 4) is 23.0 Å². The van der Waals surface area contributed by atoms with Crippen LogP contribution in [0, 0.1) is 0 Å². The minimum Gasteiger partial charge on any atom is -0.493 e. The van der Waals surface area contributed by atoms with Crippen LogP contribution in [0.5, 0.6) is 23.0 Å². The summed E-state index contributed by atoms with van der Waals surface area (Å²) in [6.07, 6.45) is -0.555. The van der Waals surface area contributed by atoms with Gasteiger partial charge in [-0.2, -0.15) is 0 Å². The van der Waals surface area contributed by atoms with Gasteiger partial charge in [0.25, 0.3) is 5.91 Å². The first-order valence-electron chi connectivity index (χ1n) is 9.16. The second-order valence-electron chi connectivity index (χ2n) is 6.27. The molecule has 2 aromatic carbocycles. The van der Waals surface area contributed by atoms with E-state index in [4.69, 9.17) is 19.4 Å². The molecule has 0 aliphatic rings. The SMILES string of the molecule is COc1cc(C(=O)/C=C/c2ccc(OC(F)(F)F)c(/C=C/C(=O)NO)c2)cc(OC)c1OC. The van der Waals surface area contributed by atoms with Gasteiger partial charge >= 0.3 is 6.36 Å². The first-order chi connectivity index (χ1) is 15.6. The molecular formula is C22H20F3NO7. The molecule has 0 spiro atoms. The third-order valence-electron chi connectivity index (χ3n) is 4.16. The average molecular weight is 467 g/mol. The van der Waals surface area contributed by atoms with Crippen molar-refractivity contribution in [2.45, 2.75) is 6.36 Å². The minimum absolute atomic E-state index is 0.113. The van der Waals surface area contributed by atoms with Crippen LogP contribution in [0.15, 0.2) is 42.5 Å². The number of benzene rings is 2. The number of hydrogen-bond donors (Lipinski definition) is 2. The smallest absolute Gasteiger partial charge is 0.493 e. The summed E-state index contributed by atoms with van der Waals surface area (Å²) in [5.74, 6) is -1.11. The fraction of sp³-hybridized carbons (Fsp3) is 0.182. The zero-order valence-corrected chi connectivity index (χ0v) is 17.7. The topological polar surface area (TPSA) is 103 Å². The molecule has 11 heteroatoms. The number of carbonyl (C=O) groups excluding carboxylic acids is 2. The maximum atomic E-state index is 12.7. The Bertz CT molecular complexity index is 1050. The van der Waals surface area contributed by atoms with Gasteiger partial charge in [-0.05, 0) is 42.0 Å². The highest BCUT2D eigenvalue weighted by Crippen LogP contribution is 2.38. The summed E-state index contributed by atoms with van der Waals surface area (Å²) in [6.45, 7) is 0. The van der Waals surface area contributed by atoms with Crippen LogP contribution < -0.4 is 24.4 Å². The number of ketones is 1. The number of rotatable bonds is 9. The highest BCUT2D eigenvalue weighted by Gasteiger charge is 2.31. The number of halogens is 3. The molecule has 0 aliphatic carbocycles. The maximum absolute atomic E-state index is 12.7. The third kappa shape index (κ3) is 7.01. The van der Waals surface area contributed by atoms with E-state index in [1.54, 1.807) is 0 Å². The number of amides is 1. The molecule has 0 saturated heterocycles. The normalized spacial score (nSPS) is 11.5. The number of carbonyl (C=O) groups is 2. The van der Waals surface area contributed by atoms with E-state index in [2.05, 4.69) is 4.74 Å². The Balaban J connectivity index is 2.37. The number of methoxy groups -OCH3 is 3. The van der Waals surface area contributed by atoms with E-state index < -0.39 is 23.8 Å². The number of alkyl halides is 3. The van der Waals surface area contributed by atoms with Crippen molar-refractivity contribution in [3.63, 3.8) is 0 Å². The van der Waals surface area contributed by atoms with Gasteiger partial charge in [-0.1, -0.05) is 12.1 Å². The summed E-state index contributed by atoms with van der Waals surface area (Å²) in [5, 5.41) is 8.55. The van der Waals surface area contributed by atoms with Gasteiger partial charge in [-0.25, -0.2) is 5.48 Å². The Morgan fingerprint density at radius 2 is 1.55 bits per heavy atom. The lowest BCUT2D eigenvalue weighted by atomic mass is 10.1. The molecule has 1 amide bonds. The summed E-state index contributed by atoms with van der Waals surface area (Å²) in [6, 6.07) is 6.50. The van der Waals surface area contributed by atoms with E-state index in [-0.39, 0.29) is 22.6 Å². The molecule has 0 saturated carbocycles. The highest BCUT2D eigenvalue weighted by molar-refractivity contribution is 6.07. The Kier molecular flexibility index (Phi) is 8.46. The van der Waals surface area contributed by atoms with Crippen LogP contribution in [0.3, 0.4) is 0 Å². The predicted octanol–water partition coefficient (Wildman–Crippen LogP) is 4.03. The molecule has 2 rings (SSSR count). The number of hydroxylamine groups is 1. The van der Waals surface area contributed by atoms with Crippen LogP contribution >= 0.6 is 0 Å². The number of ether oxygens (including phenoxy) is 4. The van der Waals surface area contributed by atoms with Crippen LogP contribution in [0.4, 0.5) is 13.2 Å². The fourth-order valence-corrected chi connectivity index (χ4v) is 2.71. The van der Waals surface area contributed by atoms with Gasteiger partial charge in [-0.15, -0.1) is 13.2 Å². The Labute approximate surface area is 186 Å². The van der Waals surface area contributed by atoms with Crippen LogP contribution in [0.2, 0.25) is 0 Å². The van der Waals surface area contributed by atoms with Crippen LogP contribution in [0.25, 0.3) is 12.2 Å². The maximum Gasteiger partial charge on any atom is 0.573 e. The number of allylic oxidation sites excluding steroid dienone is 1. The molecule has 2 aromatic rings. The van der Waals surface area contributed by atoms with E-state index >= 15 is 0 Å². The highest BCUT2D eigenvalue weighted by atomic mass is 19.4. The van der Waals surface area contributed by atoms with E-state index in [9.17, 15) is 22.8 Å². The fourth-order valence-electron chi connectivity index (χ4n) is 2.71. The monoisotopic (exact) mass is 467 g/mol. The second-order valence-corrected chi connectivity index (χ2v) is 6.27. The quantitative estimate of drug-likeness (QED) is 0.248. The zero-order chi connectivity index (χ0) is 24.6. The molecule has 0 bridgehead atoms. The van der Waals surface area contributed by atoms with Gasteiger partial charge in [0.05, 0.1) is 21.3 Å². The summed E-state index contributed by atoms with van der Waals surface area (Å²) in [4.78, 5) is 23.8. The molecule has 0 atom stereocenters. The lowest BCUT2D eigenvalue weighted by molar-refractivity contribution is -0.274. The molecular weight excluding hydrogens is 447 g/mol. The van der Waals surface area contributed by atoms with Crippen molar-refractivity contribution in [3.05, 3.63) is 59.2 Å². The number of nitrogens with one attached hydrogen (secondary N) is 1. The van der Waals surface area contributed by atoms with Crippen molar-refractivity contribution in [2.75, 3.05) is 21.3 Å². The summed E-state index contributed by atoms with van der Waals surface area (Å²) >= 11 is 0. The number of hydrogen-bond acceptors (Lipinski definition) is 7. The molecule has 8 nitrogen and oxygen atoms in total. The second kappa shape index (κ2) is 11.0. The minimum atomic E-state index is -4.96. The van der Waals surface area contributed by atoms with Crippen molar-refractivity contribution in [2.24, 2.45) is 0 Å². The molecule has 0 heterocycles. The molecule has 0 aliphatic heterocycles. The van der Waals surface area contributed by atoms with Crippen LogP contribution in [-0.4, -0.2) is 44.6 Å². The van der Waals surface area contributed by atoms with Crippen molar-refractivity contribution < 1.29 is 46.9 Å². The van der Waals surface area contributed by atoms with Crippen molar-refractivity contribution in [1.82, 2.24) is 5.48 Å². The molecule has 176 valence electrons. The Morgan fingerprint density at radius 3 is 2.06 bits per heavy atom. The van der Waals surface area contributed by atoms with E-state index in [1.165, 1.54) is 63.2 Å². The van der Waals surface area contributed by atoms with Gasteiger partial charge in [0.2, 0.25) is 5.75 Å². The lowest BCUT2D eigenvalue weighted by Gasteiger charge is -2.13. The summed E-state index contributed by atoms with van der Waals surface area (Å²) in [7, 11) is 4.22. The molecule has 0 unspecified atom stereocenters. The van der Waals surface area contributed by atoms with Gasteiger partial charge < -0.3 is 18.9 Å². The predicted molar refractivity (Wildman–Crippen MR) is 112 cm³/mol. The van der Waals surface area contributed by atoms with Gasteiger partial charge in [0.15, 0.2) is 17.3 Å². The first-order valence-corrected chi connectivity index (χ1v) is 9.16. The molecule has 33 heavy (non-hydrogen) atoms. The first kappa shape index (κ1) is 25.3. The molecule has 0 fully saturated rings. The van der Waals surface area contributed by atoms with Gasteiger partial charge in [-0.3, -0.25) is 14.8 Å². The van der Waals surface area contributed by atoms with Gasteiger partial charge in [0.1, 0.15) is 5.75 Å². The molecule has 2 N–H and O–H groups in total. The Morgan fingerprint density at radius 1 is 0.909 bits per heavy atom. The lowest BCUT2D eigenvalue weighted by Crippen LogP contribution is -2.18. The van der Waals surface area contributed by atoms with Crippen molar-refractivity contribution in [1.29, 1.82) is 0 Å². The largest absolute Gasteiger partial charge is 0.573 e. The summed E-state index contributed by atoms with van der Waals surface area (Å²) < 4.78 is 57.5. The Hall–Kier alpha value is -3.99. The molecule has 0 radical (unpaired) electrons. The molecule has 0 aromatic heterocycles. The van der Waals surface area contributed by atoms with Crippen molar-refractivity contribution >= 4 is 23.8 Å². The zero-order valence-electron chi connectivity index (χ0n) is 17.7. The average Bonchev–Trinajstić information content (AvgIpc) is 2.79. The van der Waals surface area contributed by atoms with Crippen LogP contribution in [-0.2, 0) is 4.79 Å². The standard InChI is InChI=1S/C22H20F3NO7/c1-30-18-11-15(12-19(31-2)21(18)32-3)16(27)7-4-13-5-8-17(33-22(23,24)25)14(10-13)6-9-20(28)26-29/h4-12,29H,1-3H3,(H,26,28)/b7-4+,9-6+. The van der Waals surface area contributed by atoms with E-state index in [0.717, 1.165) is 18.2 Å². The van der Waals surface area contributed by atoms with Gasteiger partial charge in [0, 0.05) is 17.2 Å². The third-order valence-corrected chi connectivity index (χ3v) is 4.16. The van der Waals surface area contributed by atoms with Crippen LogP contribution in [0.1, 0.15) is 21.5 Å². The van der Waals surface area contributed by atoms with E-state index in [1.807, 2.05) is 0 Å². The summed E-state index contributed by atoms with van der Waals surface area (Å²) in [5.41, 5.74) is 1.78. The van der Waals surface area contributed by atoms with E-state index in [0.29, 0.717) is 11.3 Å².